The molecule has 0 amide bonds. The Morgan fingerprint density at radius 3 is 2.44 bits per heavy atom. The SMILES string of the molecule is N=C/C(=N\N)C12CC1C2. The van der Waals surface area contributed by atoms with E-state index in [0.29, 0.717) is 5.41 Å². The van der Waals surface area contributed by atoms with Crippen LogP contribution in [-0.2, 0) is 0 Å². The molecule has 0 saturated heterocycles. The van der Waals surface area contributed by atoms with Crippen LogP contribution in [0.3, 0.4) is 0 Å². The zero-order valence-electron chi connectivity index (χ0n) is 5.09. The Balaban J connectivity index is 2.19. The summed E-state index contributed by atoms with van der Waals surface area (Å²) < 4.78 is 0. The van der Waals surface area contributed by atoms with Gasteiger partial charge in [0.05, 0.1) is 5.71 Å². The number of nitrogens with zero attached hydrogens (tertiary/aromatic N) is 1. The zero-order valence-corrected chi connectivity index (χ0v) is 5.09. The van der Waals surface area contributed by atoms with Crippen LogP contribution in [0.15, 0.2) is 5.10 Å². The summed E-state index contributed by atoms with van der Waals surface area (Å²) in [6.07, 6.45) is 3.73. The summed E-state index contributed by atoms with van der Waals surface area (Å²) in [4.78, 5) is 0. The van der Waals surface area contributed by atoms with Crippen LogP contribution in [0.2, 0.25) is 0 Å². The number of fused-ring (bicyclic) bond motifs is 1. The Morgan fingerprint density at radius 1 is 1.78 bits per heavy atom. The van der Waals surface area contributed by atoms with Gasteiger partial charge in [-0.2, -0.15) is 5.10 Å². The predicted molar refractivity (Wildman–Crippen MR) is 35.6 cm³/mol. The van der Waals surface area contributed by atoms with Gasteiger partial charge >= 0.3 is 0 Å². The van der Waals surface area contributed by atoms with Crippen LogP contribution in [0.1, 0.15) is 12.8 Å². The average Bonchev–Trinajstić information content (AvgIpc) is 2.56. The van der Waals surface area contributed by atoms with Crippen molar-refractivity contribution in [3.05, 3.63) is 0 Å². The number of hydrogen-bond donors (Lipinski definition) is 2. The van der Waals surface area contributed by atoms with Gasteiger partial charge in [-0.05, 0) is 18.8 Å². The second kappa shape index (κ2) is 1.17. The Morgan fingerprint density at radius 2 is 2.33 bits per heavy atom. The van der Waals surface area contributed by atoms with Gasteiger partial charge in [-0.3, -0.25) is 0 Å². The summed E-state index contributed by atoms with van der Waals surface area (Å²) in [7, 11) is 0. The molecule has 0 aromatic carbocycles. The van der Waals surface area contributed by atoms with Crippen molar-refractivity contribution in [2.75, 3.05) is 0 Å². The predicted octanol–water partition coefficient (Wildman–Crippen LogP) is 0.361. The first-order valence-corrected chi connectivity index (χ1v) is 3.12. The molecule has 0 atom stereocenters. The maximum atomic E-state index is 6.95. The molecular weight excluding hydrogens is 114 g/mol. The van der Waals surface area contributed by atoms with Gasteiger partial charge in [-0.15, -0.1) is 0 Å². The minimum atomic E-state index is 0.316. The monoisotopic (exact) mass is 123 g/mol. The molecule has 0 aromatic rings. The molecule has 2 fully saturated rings. The highest BCUT2D eigenvalue weighted by Gasteiger charge is 2.72. The molecule has 0 unspecified atom stereocenters. The topological polar surface area (TPSA) is 62.2 Å². The molecule has 0 aliphatic heterocycles. The van der Waals surface area contributed by atoms with Crippen LogP contribution in [0, 0.1) is 16.7 Å². The van der Waals surface area contributed by atoms with Gasteiger partial charge in [-0.25, -0.2) is 0 Å². The molecule has 2 aliphatic carbocycles. The zero-order chi connectivity index (χ0) is 6.48. The third kappa shape index (κ3) is 0.422. The van der Waals surface area contributed by atoms with Gasteiger partial charge in [0.2, 0.25) is 0 Å². The minimum absolute atomic E-state index is 0.316. The molecule has 0 bridgehead atoms. The molecule has 9 heavy (non-hydrogen) atoms. The normalized spacial score (nSPS) is 45.8. The molecule has 48 valence electrons. The van der Waals surface area contributed by atoms with Crippen molar-refractivity contribution in [2.24, 2.45) is 22.3 Å². The number of nitrogens with two attached hydrogens (primary N) is 1. The third-order valence-corrected chi connectivity index (χ3v) is 2.47. The van der Waals surface area contributed by atoms with Crippen molar-refractivity contribution in [3.8, 4) is 0 Å². The van der Waals surface area contributed by atoms with Crippen molar-refractivity contribution >= 4 is 11.9 Å². The highest BCUT2D eigenvalue weighted by atomic mass is 15.1. The molecule has 3 nitrogen and oxygen atoms in total. The van der Waals surface area contributed by atoms with Gasteiger partial charge < -0.3 is 11.3 Å². The molecular formula is C6H9N3. The summed E-state index contributed by atoms with van der Waals surface area (Å²) in [5.74, 6) is 5.91. The smallest absolute Gasteiger partial charge is 0.0840 e. The lowest BCUT2D eigenvalue weighted by Gasteiger charge is -1.97. The van der Waals surface area contributed by atoms with E-state index >= 15 is 0 Å². The van der Waals surface area contributed by atoms with E-state index in [2.05, 4.69) is 5.10 Å². The highest BCUT2D eigenvalue weighted by Crippen LogP contribution is 2.75. The van der Waals surface area contributed by atoms with Gasteiger partial charge in [0.15, 0.2) is 0 Å². The van der Waals surface area contributed by atoms with Gasteiger partial charge in [0.25, 0.3) is 0 Å². The largest absolute Gasteiger partial charge is 0.323 e. The Hall–Kier alpha value is -0.860. The van der Waals surface area contributed by atoms with E-state index in [1.54, 1.807) is 0 Å². The minimum Gasteiger partial charge on any atom is -0.323 e. The van der Waals surface area contributed by atoms with Crippen molar-refractivity contribution in [1.82, 2.24) is 0 Å². The molecule has 0 spiro atoms. The first-order valence-electron chi connectivity index (χ1n) is 3.12. The number of nitrogens with one attached hydrogen (secondary N) is 1. The molecule has 0 aromatic heterocycles. The van der Waals surface area contributed by atoms with Gasteiger partial charge in [0, 0.05) is 11.6 Å². The van der Waals surface area contributed by atoms with Crippen LogP contribution in [-0.4, -0.2) is 11.9 Å². The maximum absolute atomic E-state index is 6.95. The summed E-state index contributed by atoms with van der Waals surface area (Å²) in [6, 6.07) is 0. The second-order valence-corrected chi connectivity index (χ2v) is 2.92. The Kier molecular flexibility index (Phi) is 0.648. The fourth-order valence-corrected chi connectivity index (χ4v) is 1.43. The average molecular weight is 123 g/mol. The Labute approximate surface area is 53.4 Å². The highest BCUT2D eigenvalue weighted by molar-refractivity contribution is 6.34. The van der Waals surface area contributed by atoms with Crippen molar-refractivity contribution in [3.63, 3.8) is 0 Å². The number of hydrogen-bond acceptors (Lipinski definition) is 3. The van der Waals surface area contributed by atoms with E-state index in [4.69, 9.17) is 11.3 Å². The molecule has 3 N–H and O–H groups in total. The third-order valence-electron chi connectivity index (χ3n) is 2.47. The summed E-state index contributed by atoms with van der Waals surface area (Å²) in [5.41, 5.74) is 1.11. The summed E-state index contributed by atoms with van der Waals surface area (Å²) in [5, 5.41) is 10.5. The lowest BCUT2D eigenvalue weighted by atomic mass is 10.1. The van der Waals surface area contributed by atoms with Gasteiger partial charge in [-0.1, -0.05) is 0 Å². The number of rotatable bonds is 2. The van der Waals surface area contributed by atoms with Crippen LogP contribution >= 0.6 is 0 Å². The first kappa shape index (κ1) is 4.97. The van der Waals surface area contributed by atoms with Crippen LogP contribution in [0.25, 0.3) is 0 Å². The molecule has 2 saturated carbocycles. The molecule has 2 aliphatic rings. The van der Waals surface area contributed by atoms with E-state index in [-0.39, 0.29) is 0 Å². The standard InChI is InChI=1S/C6H9N3/c7-3-5(9-8)6-1-4(6)2-6/h3-4,7H,1-2,8H2/b7-3?,9-5+. The van der Waals surface area contributed by atoms with Crippen LogP contribution < -0.4 is 5.84 Å². The van der Waals surface area contributed by atoms with E-state index in [1.807, 2.05) is 0 Å². The van der Waals surface area contributed by atoms with E-state index < -0.39 is 0 Å². The van der Waals surface area contributed by atoms with E-state index in [1.165, 1.54) is 19.1 Å². The lowest BCUT2D eigenvalue weighted by molar-refractivity contribution is 0.836. The van der Waals surface area contributed by atoms with Crippen molar-refractivity contribution in [2.45, 2.75) is 12.8 Å². The summed E-state index contributed by atoms with van der Waals surface area (Å²) >= 11 is 0. The lowest BCUT2D eigenvalue weighted by Crippen LogP contribution is -2.10. The quantitative estimate of drug-likeness (QED) is 0.311. The van der Waals surface area contributed by atoms with E-state index in [9.17, 15) is 0 Å². The molecule has 0 heterocycles. The van der Waals surface area contributed by atoms with Crippen LogP contribution in [0.4, 0.5) is 0 Å². The Bertz CT molecular complexity index is 188. The van der Waals surface area contributed by atoms with Gasteiger partial charge in [0.1, 0.15) is 0 Å². The van der Waals surface area contributed by atoms with Crippen molar-refractivity contribution < 1.29 is 0 Å². The first-order chi connectivity index (χ1) is 4.33. The molecule has 3 heteroatoms. The molecule has 2 rings (SSSR count). The second-order valence-electron chi connectivity index (χ2n) is 2.92. The van der Waals surface area contributed by atoms with Crippen LogP contribution in [0.5, 0.6) is 0 Å². The maximum Gasteiger partial charge on any atom is 0.0840 e. The van der Waals surface area contributed by atoms with Crippen molar-refractivity contribution in [1.29, 1.82) is 5.41 Å². The van der Waals surface area contributed by atoms with E-state index in [0.717, 1.165) is 11.6 Å². The fraction of sp³-hybridized carbons (Fsp3) is 0.667. The fourth-order valence-electron chi connectivity index (χ4n) is 1.43. The number of hydrazone groups is 1. The molecule has 0 radical (unpaired) electrons. The summed E-state index contributed by atoms with van der Waals surface area (Å²) in [6.45, 7) is 0.